The number of rotatable bonds is 3. The van der Waals surface area contributed by atoms with E-state index in [0.717, 1.165) is 16.8 Å². The maximum absolute atomic E-state index is 13.9. The van der Waals surface area contributed by atoms with Crippen molar-refractivity contribution >= 4 is 5.91 Å². The van der Waals surface area contributed by atoms with E-state index >= 15 is 0 Å². The van der Waals surface area contributed by atoms with Crippen molar-refractivity contribution in [2.75, 3.05) is 0 Å². The first-order chi connectivity index (χ1) is 11.0. The van der Waals surface area contributed by atoms with Crippen molar-refractivity contribution in [3.05, 3.63) is 58.4 Å². The summed E-state index contributed by atoms with van der Waals surface area (Å²) in [6.45, 7) is 0. The Hall–Kier alpha value is -3.36. The van der Waals surface area contributed by atoms with Crippen molar-refractivity contribution in [1.82, 2.24) is 24.8 Å². The third kappa shape index (κ3) is 2.71. The largest absolute Gasteiger partial charge is 0.364 e. The Bertz CT molecular complexity index is 962. The fourth-order valence-corrected chi connectivity index (χ4v) is 2.12. The van der Waals surface area contributed by atoms with Gasteiger partial charge in [0.15, 0.2) is 0 Å². The SMILES string of the molecule is Cn1nncc1-c1cc(F)cc(-n2nc(C(N)=O)ccc2=O)c1. The number of primary amides is 1. The van der Waals surface area contributed by atoms with Crippen LogP contribution in [0.5, 0.6) is 0 Å². The first-order valence-corrected chi connectivity index (χ1v) is 6.52. The molecule has 3 rings (SSSR count). The Balaban J connectivity index is 2.20. The summed E-state index contributed by atoms with van der Waals surface area (Å²) in [4.78, 5) is 23.2. The molecule has 0 radical (unpaired) electrons. The highest BCUT2D eigenvalue weighted by Gasteiger charge is 2.12. The quantitative estimate of drug-likeness (QED) is 0.746. The molecule has 0 aliphatic rings. The van der Waals surface area contributed by atoms with Crippen LogP contribution in [0.25, 0.3) is 16.9 Å². The highest BCUT2D eigenvalue weighted by Crippen LogP contribution is 2.21. The number of amides is 1. The topological polar surface area (TPSA) is 109 Å². The van der Waals surface area contributed by atoms with E-state index in [9.17, 15) is 14.0 Å². The summed E-state index contributed by atoms with van der Waals surface area (Å²) in [6, 6.07) is 6.31. The summed E-state index contributed by atoms with van der Waals surface area (Å²) in [5.74, 6) is -1.36. The third-order valence-corrected chi connectivity index (χ3v) is 3.19. The van der Waals surface area contributed by atoms with Crippen molar-refractivity contribution in [1.29, 1.82) is 0 Å². The molecule has 1 amide bonds. The number of carbonyl (C=O) groups excluding carboxylic acids is 1. The lowest BCUT2D eigenvalue weighted by atomic mass is 10.1. The first-order valence-electron chi connectivity index (χ1n) is 6.52. The molecule has 2 N–H and O–H groups in total. The van der Waals surface area contributed by atoms with Crippen LogP contribution >= 0.6 is 0 Å². The van der Waals surface area contributed by atoms with E-state index in [-0.39, 0.29) is 11.4 Å². The summed E-state index contributed by atoms with van der Waals surface area (Å²) in [7, 11) is 1.66. The van der Waals surface area contributed by atoms with Gasteiger partial charge >= 0.3 is 0 Å². The zero-order chi connectivity index (χ0) is 16.6. The number of nitrogens with zero attached hydrogens (tertiary/aromatic N) is 5. The molecule has 0 saturated heterocycles. The Morgan fingerprint density at radius 3 is 2.70 bits per heavy atom. The summed E-state index contributed by atoms with van der Waals surface area (Å²) in [5.41, 5.74) is 5.72. The summed E-state index contributed by atoms with van der Waals surface area (Å²) in [5, 5.41) is 11.4. The maximum Gasteiger partial charge on any atom is 0.271 e. The minimum Gasteiger partial charge on any atom is -0.364 e. The number of aryl methyl sites for hydroxylation is 1. The minimum absolute atomic E-state index is 0.0994. The van der Waals surface area contributed by atoms with Crippen molar-refractivity contribution in [3.8, 4) is 16.9 Å². The smallest absolute Gasteiger partial charge is 0.271 e. The molecule has 0 saturated carbocycles. The lowest BCUT2D eigenvalue weighted by Gasteiger charge is -2.08. The predicted molar refractivity (Wildman–Crippen MR) is 78.3 cm³/mol. The lowest BCUT2D eigenvalue weighted by Crippen LogP contribution is -2.25. The number of carbonyl (C=O) groups is 1. The van der Waals surface area contributed by atoms with Crippen molar-refractivity contribution in [2.45, 2.75) is 0 Å². The number of aromatic nitrogens is 5. The zero-order valence-electron chi connectivity index (χ0n) is 12.0. The van der Waals surface area contributed by atoms with Gasteiger partial charge in [0.25, 0.3) is 11.5 Å². The molecule has 0 fully saturated rings. The fourth-order valence-electron chi connectivity index (χ4n) is 2.12. The van der Waals surface area contributed by atoms with Gasteiger partial charge in [0.05, 0.1) is 17.6 Å². The highest BCUT2D eigenvalue weighted by atomic mass is 19.1. The van der Waals surface area contributed by atoms with E-state index in [1.54, 1.807) is 13.1 Å². The molecule has 0 bridgehead atoms. The second kappa shape index (κ2) is 5.44. The Morgan fingerprint density at radius 1 is 1.26 bits per heavy atom. The summed E-state index contributed by atoms with van der Waals surface area (Å²) in [6.07, 6.45) is 1.47. The lowest BCUT2D eigenvalue weighted by molar-refractivity contribution is 0.0994. The summed E-state index contributed by atoms with van der Waals surface area (Å²) < 4.78 is 16.3. The molecule has 9 heteroatoms. The zero-order valence-corrected chi connectivity index (χ0v) is 12.0. The Labute approximate surface area is 129 Å². The van der Waals surface area contributed by atoms with Crippen LogP contribution in [0, 0.1) is 5.82 Å². The number of hydrogen-bond donors (Lipinski definition) is 1. The highest BCUT2D eigenvalue weighted by molar-refractivity contribution is 5.90. The van der Waals surface area contributed by atoms with E-state index in [4.69, 9.17) is 5.73 Å². The van der Waals surface area contributed by atoms with Crippen LogP contribution in [0.4, 0.5) is 4.39 Å². The minimum atomic E-state index is -0.786. The average Bonchev–Trinajstić information content (AvgIpc) is 2.93. The molecule has 8 nitrogen and oxygen atoms in total. The molecule has 0 unspecified atom stereocenters. The van der Waals surface area contributed by atoms with Crippen LogP contribution in [-0.2, 0) is 7.05 Å². The fraction of sp³-hybridized carbons (Fsp3) is 0.0714. The first kappa shape index (κ1) is 14.6. The number of hydrogen-bond acceptors (Lipinski definition) is 5. The molecule has 0 aliphatic heterocycles. The van der Waals surface area contributed by atoms with Crippen LogP contribution in [0.3, 0.4) is 0 Å². The van der Waals surface area contributed by atoms with Gasteiger partial charge in [0.1, 0.15) is 11.5 Å². The van der Waals surface area contributed by atoms with Gasteiger partial charge in [-0.2, -0.15) is 9.78 Å². The van der Waals surface area contributed by atoms with Gasteiger partial charge in [-0.25, -0.2) is 9.07 Å². The monoisotopic (exact) mass is 314 g/mol. The molecule has 0 spiro atoms. The molecule has 2 aromatic heterocycles. The molecule has 0 aliphatic carbocycles. The molecule has 1 aromatic carbocycles. The third-order valence-electron chi connectivity index (χ3n) is 3.19. The van der Waals surface area contributed by atoms with Crippen LogP contribution < -0.4 is 11.3 Å². The number of benzene rings is 1. The van der Waals surface area contributed by atoms with Crippen LogP contribution in [-0.4, -0.2) is 30.7 Å². The molecule has 0 atom stereocenters. The van der Waals surface area contributed by atoms with E-state index in [0.29, 0.717) is 11.3 Å². The second-order valence-corrected chi connectivity index (χ2v) is 4.77. The maximum atomic E-state index is 13.9. The van der Waals surface area contributed by atoms with Gasteiger partial charge in [0, 0.05) is 18.7 Å². The van der Waals surface area contributed by atoms with E-state index in [2.05, 4.69) is 15.4 Å². The second-order valence-electron chi connectivity index (χ2n) is 4.77. The van der Waals surface area contributed by atoms with Crippen molar-refractivity contribution in [2.24, 2.45) is 12.8 Å². The molecule has 2 heterocycles. The van der Waals surface area contributed by atoms with Gasteiger partial charge < -0.3 is 5.73 Å². The average molecular weight is 314 g/mol. The predicted octanol–water partition coefficient (Wildman–Crippen LogP) is 0.266. The van der Waals surface area contributed by atoms with E-state index in [1.165, 1.54) is 23.0 Å². The Kier molecular flexibility index (Phi) is 3.45. The van der Waals surface area contributed by atoms with Gasteiger partial charge in [-0.1, -0.05) is 5.21 Å². The van der Waals surface area contributed by atoms with Crippen LogP contribution in [0.1, 0.15) is 10.5 Å². The molecular formula is C14H11FN6O2. The van der Waals surface area contributed by atoms with E-state index in [1.807, 2.05) is 0 Å². The van der Waals surface area contributed by atoms with Gasteiger partial charge in [-0.05, 0) is 24.3 Å². The van der Waals surface area contributed by atoms with Crippen molar-refractivity contribution < 1.29 is 9.18 Å². The van der Waals surface area contributed by atoms with Gasteiger partial charge in [0.2, 0.25) is 0 Å². The number of halogens is 1. The van der Waals surface area contributed by atoms with Crippen LogP contribution in [0.15, 0.2) is 41.3 Å². The van der Waals surface area contributed by atoms with E-state index < -0.39 is 17.3 Å². The number of nitrogens with two attached hydrogens (primary N) is 1. The molecule has 3 aromatic rings. The molecule has 116 valence electrons. The Morgan fingerprint density at radius 2 is 2.04 bits per heavy atom. The van der Waals surface area contributed by atoms with Crippen molar-refractivity contribution in [3.63, 3.8) is 0 Å². The molecule has 23 heavy (non-hydrogen) atoms. The van der Waals surface area contributed by atoms with Gasteiger partial charge in [-0.15, -0.1) is 5.10 Å². The molecular weight excluding hydrogens is 303 g/mol. The summed E-state index contributed by atoms with van der Waals surface area (Å²) >= 11 is 0. The van der Waals surface area contributed by atoms with Crippen LogP contribution in [0.2, 0.25) is 0 Å². The van der Waals surface area contributed by atoms with Gasteiger partial charge in [-0.3, -0.25) is 9.59 Å². The standard InChI is InChI=1S/C14H11FN6O2/c1-20-12(7-17-19-20)8-4-9(15)6-10(5-8)21-13(22)3-2-11(18-21)14(16)23/h2-7H,1H3,(H2,16,23). The normalized spacial score (nSPS) is 10.7.